The fraction of sp³-hybridized carbons (Fsp3) is 0.314. The summed E-state index contributed by atoms with van der Waals surface area (Å²) in [7, 11) is 0. The van der Waals surface area contributed by atoms with Crippen LogP contribution in [-0.2, 0) is 22.6 Å². The monoisotopic (exact) mass is 627 g/mol. The van der Waals surface area contributed by atoms with Crippen LogP contribution in [0.3, 0.4) is 0 Å². The Bertz CT molecular complexity index is 1800. The zero-order valence-electron chi connectivity index (χ0n) is 24.7. The van der Waals surface area contributed by atoms with Gasteiger partial charge in [-0.2, -0.15) is 0 Å². The standard InChI is InChI=1S/C35H34ClN3O6/c36-25-9-7-22(8-10-25)18-29(37-34(43)32-20-30(41)28-19-26(40)11-12-31(28)45-32)35(44)38-16-13-23(14-17-38)27-5-2-1-4-24(27)21-39-15-3-6-33(39)42/h1-2,4-5,7-12,19-20,23,29,40H,3,6,13-18,21H2,(H,37,43)/t29-/m0/s1. The van der Waals surface area contributed by atoms with E-state index < -0.39 is 17.4 Å². The van der Waals surface area contributed by atoms with E-state index in [9.17, 15) is 24.3 Å². The number of fused-ring (bicyclic) bond motifs is 1. The topological polar surface area (TPSA) is 120 Å². The maximum absolute atomic E-state index is 14.0. The molecule has 2 aliphatic rings. The minimum absolute atomic E-state index is 0.0884. The highest BCUT2D eigenvalue weighted by molar-refractivity contribution is 6.30. The van der Waals surface area contributed by atoms with Crippen LogP contribution in [0.15, 0.2) is 82.0 Å². The molecule has 2 fully saturated rings. The van der Waals surface area contributed by atoms with E-state index in [1.54, 1.807) is 17.0 Å². The van der Waals surface area contributed by atoms with Crippen LogP contribution in [0, 0.1) is 0 Å². The highest BCUT2D eigenvalue weighted by Gasteiger charge is 2.32. The number of nitrogens with one attached hydrogen (secondary N) is 1. The molecule has 1 atom stereocenters. The highest BCUT2D eigenvalue weighted by atomic mass is 35.5. The number of phenolic OH excluding ortho intramolecular Hbond substituents is 1. The number of amides is 3. The van der Waals surface area contributed by atoms with Gasteiger partial charge in [-0.1, -0.05) is 48.0 Å². The number of likely N-dealkylation sites (tertiary alicyclic amines) is 2. The molecule has 0 unspecified atom stereocenters. The maximum atomic E-state index is 14.0. The summed E-state index contributed by atoms with van der Waals surface area (Å²) < 4.78 is 5.69. The van der Waals surface area contributed by atoms with Gasteiger partial charge in [0.15, 0.2) is 11.2 Å². The van der Waals surface area contributed by atoms with E-state index in [2.05, 4.69) is 17.4 Å². The zero-order chi connectivity index (χ0) is 31.5. The van der Waals surface area contributed by atoms with Crippen molar-refractivity contribution in [2.24, 2.45) is 0 Å². The Morgan fingerprint density at radius 1 is 0.978 bits per heavy atom. The number of aromatic hydroxyl groups is 1. The molecule has 0 bridgehead atoms. The second kappa shape index (κ2) is 13.2. The second-order valence-electron chi connectivity index (χ2n) is 11.7. The number of hydrogen-bond acceptors (Lipinski definition) is 6. The van der Waals surface area contributed by atoms with Gasteiger partial charge in [-0.15, -0.1) is 0 Å². The summed E-state index contributed by atoms with van der Waals surface area (Å²) in [5, 5.41) is 13.3. The normalized spacial score (nSPS) is 16.2. The lowest BCUT2D eigenvalue weighted by Gasteiger charge is -2.35. The van der Waals surface area contributed by atoms with Crippen LogP contribution in [0.5, 0.6) is 5.75 Å². The summed E-state index contributed by atoms with van der Waals surface area (Å²) in [5.74, 6) is -0.774. The predicted octanol–water partition coefficient (Wildman–Crippen LogP) is 5.02. The minimum Gasteiger partial charge on any atom is -0.508 e. The van der Waals surface area contributed by atoms with Crippen LogP contribution in [0.2, 0.25) is 5.02 Å². The van der Waals surface area contributed by atoms with Crippen LogP contribution in [0.25, 0.3) is 11.0 Å². The number of rotatable bonds is 8. The fourth-order valence-corrected chi connectivity index (χ4v) is 6.45. The molecular formula is C35H34ClN3O6. The smallest absolute Gasteiger partial charge is 0.287 e. The van der Waals surface area contributed by atoms with Crippen molar-refractivity contribution >= 4 is 40.3 Å². The van der Waals surface area contributed by atoms with Crippen LogP contribution in [-0.4, -0.2) is 58.3 Å². The first-order chi connectivity index (χ1) is 21.7. The highest BCUT2D eigenvalue weighted by Crippen LogP contribution is 2.32. The minimum atomic E-state index is -0.912. The van der Waals surface area contributed by atoms with E-state index in [4.69, 9.17) is 16.0 Å². The van der Waals surface area contributed by atoms with E-state index in [1.807, 2.05) is 29.2 Å². The molecule has 3 amide bonds. The number of piperidine rings is 1. The van der Waals surface area contributed by atoms with Gasteiger partial charge in [-0.3, -0.25) is 19.2 Å². The third kappa shape index (κ3) is 6.88. The van der Waals surface area contributed by atoms with Gasteiger partial charge in [0, 0.05) is 50.1 Å². The van der Waals surface area contributed by atoms with Gasteiger partial charge >= 0.3 is 0 Å². The van der Waals surface area contributed by atoms with E-state index in [0.717, 1.165) is 43.0 Å². The lowest BCUT2D eigenvalue weighted by Crippen LogP contribution is -2.51. The first kappa shape index (κ1) is 30.4. The van der Waals surface area contributed by atoms with E-state index in [0.29, 0.717) is 31.1 Å². The third-order valence-corrected chi connectivity index (χ3v) is 8.98. The van der Waals surface area contributed by atoms with Crippen LogP contribution >= 0.6 is 11.6 Å². The Kier molecular flexibility index (Phi) is 8.89. The first-order valence-electron chi connectivity index (χ1n) is 15.2. The van der Waals surface area contributed by atoms with Gasteiger partial charge in [0.2, 0.25) is 11.8 Å². The molecule has 0 spiro atoms. The van der Waals surface area contributed by atoms with Crippen LogP contribution < -0.4 is 10.7 Å². The molecule has 10 heteroatoms. The van der Waals surface area contributed by atoms with Crippen molar-refractivity contribution in [1.29, 1.82) is 0 Å². The summed E-state index contributed by atoms with van der Waals surface area (Å²) in [6.07, 6.45) is 3.23. The van der Waals surface area contributed by atoms with Crippen LogP contribution in [0.4, 0.5) is 0 Å². The summed E-state index contributed by atoms with van der Waals surface area (Å²) in [5.41, 5.74) is 2.86. The predicted molar refractivity (Wildman–Crippen MR) is 170 cm³/mol. The Labute approximate surface area is 265 Å². The van der Waals surface area contributed by atoms with E-state index in [-0.39, 0.29) is 46.6 Å². The summed E-state index contributed by atoms with van der Waals surface area (Å²) in [6, 6.07) is 19.6. The van der Waals surface area contributed by atoms with Gasteiger partial charge in [0.1, 0.15) is 17.4 Å². The number of carbonyl (C=O) groups excluding carboxylic acids is 3. The van der Waals surface area contributed by atoms with Gasteiger partial charge in [-0.25, -0.2) is 0 Å². The van der Waals surface area contributed by atoms with Gasteiger partial charge in [0.05, 0.1) is 5.39 Å². The summed E-state index contributed by atoms with van der Waals surface area (Å²) in [4.78, 5) is 56.0. The number of nitrogens with zero attached hydrogens (tertiary/aromatic N) is 2. The molecule has 232 valence electrons. The lowest BCUT2D eigenvalue weighted by molar-refractivity contribution is -0.134. The molecule has 1 aromatic heterocycles. The van der Waals surface area contributed by atoms with Crippen molar-refractivity contribution in [1.82, 2.24) is 15.1 Å². The molecule has 0 radical (unpaired) electrons. The maximum Gasteiger partial charge on any atom is 0.287 e. The summed E-state index contributed by atoms with van der Waals surface area (Å²) in [6.45, 7) is 2.42. The molecule has 3 aromatic carbocycles. The Balaban J connectivity index is 1.18. The van der Waals surface area contributed by atoms with Crippen molar-refractivity contribution in [2.75, 3.05) is 19.6 Å². The van der Waals surface area contributed by atoms with Gasteiger partial charge in [-0.05, 0) is 72.2 Å². The molecule has 6 rings (SSSR count). The molecule has 0 aliphatic carbocycles. The number of benzene rings is 3. The van der Waals surface area contributed by atoms with Crippen molar-refractivity contribution in [2.45, 2.75) is 50.6 Å². The third-order valence-electron chi connectivity index (χ3n) is 8.73. The molecule has 45 heavy (non-hydrogen) atoms. The molecule has 9 nitrogen and oxygen atoms in total. The molecule has 2 N–H and O–H groups in total. The van der Waals surface area contributed by atoms with Crippen molar-refractivity contribution in [3.63, 3.8) is 0 Å². The van der Waals surface area contributed by atoms with Crippen molar-refractivity contribution in [3.8, 4) is 5.75 Å². The second-order valence-corrected chi connectivity index (χ2v) is 12.2. The number of carbonyl (C=O) groups is 3. The van der Waals surface area contributed by atoms with E-state index >= 15 is 0 Å². The molecule has 2 aliphatic heterocycles. The lowest BCUT2D eigenvalue weighted by atomic mass is 9.86. The zero-order valence-corrected chi connectivity index (χ0v) is 25.5. The first-order valence-corrected chi connectivity index (χ1v) is 15.6. The largest absolute Gasteiger partial charge is 0.508 e. The fourth-order valence-electron chi connectivity index (χ4n) is 6.33. The summed E-state index contributed by atoms with van der Waals surface area (Å²) >= 11 is 6.08. The Morgan fingerprint density at radius 3 is 2.47 bits per heavy atom. The van der Waals surface area contributed by atoms with Crippen molar-refractivity contribution < 1.29 is 23.9 Å². The Morgan fingerprint density at radius 2 is 1.73 bits per heavy atom. The quantitative estimate of drug-likeness (QED) is 0.283. The molecule has 4 aromatic rings. The molecule has 2 saturated heterocycles. The Hall–Kier alpha value is -4.63. The SMILES string of the molecule is O=C(N[C@@H](Cc1ccc(Cl)cc1)C(=O)N1CCC(c2ccccc2CN2CCCC2=O)CC1)c1cc(=O)c2cc(O)ccc2o1. The average Bonchev–Trinajstić information content (AvgIpc) is 3.45. The average molecular weight is 628 g/mol. The van der Waals surface area contributed by atoms with Crippen molar-refractivity contribution in [3.05, 3.63) is 110 Å². The number of halogens is 1. The van der Waals surface area contributed by atoms with Crippen LogP contribution in [0.1, 0.15) is 58.8 Å². The molecule has 3 heterocycles. The number of hydrogen-bond donors (Lipinski definition) is 2. The number of phenols is 1. The van der Waals surface area contributed by atoms with Gasteiger partial charge in [0.25, 0.3) is 5.91 Å². The van der Waals surface area contributed by atoms with E-state index in [1.165, 1.54) is 23.8 Å². The molecule has 0 saturated carbocycles. The van der Waals surface area contributed by atoms with Gasteiger partial charge < -0.3 is 24.6 Å². The molecular weight excluding hydrogens is 594 g/mol.